The third kappa shape index (κ3) is 1.87. The lowest BCUT2D eigenvalue weighted by molar-refractivity contribution is 0.475. The van der Waals surface area contributed by atoms with Crippen LogP contribution in [0.15, 0.2) is 18.2 Å². The average Bonchev–Trinajstić information content (AvgIpc) is 1.99. The first kappa shape index (κ1) is 8.41. The number of phenols is 1. The van der Waals surface area contributed by atoms with Crippen LogP contribution in [0, 0.1) is 6.92 Å². The van der Waals surface area contributed by atoms with Gasteiger partial charge in [-0.1, -0.05) is 30.7 Å². The van der Waals surface area contributed by atoms with Crippen molar-refractivity contribution in [2.75, 3.05) is 0 Å². The fourth-order valence-electron chi connectivity index (χ4n) is 0.950. The maximum Gasteiger partial charge on any atom is 0.134 e. The quantitative estimate of drug-likeness (QED) is 0.722. The van der Waals surface area contributed by atoms with Gasteiger partial charge in [-0.25, -0.2) is 0 Å². The largest absolute Gasteiger partial charge is 0.506 e. The molecule has 0 aliphatic heterocycles. The van der Waals surface area contributed by atoms with Crippen LogP contribution in [0.1, 0.15) is 12.0 Å². The van der Waals surface area contributed by atoms with Crippen LogP contribution in [0.3, 0.4) is 0 Å². The fraction of sp³-hybridized carbons (Fsp3) is 0.222. The van der Waals surface area contributed by atoms with Crippen LogP contribution in [0.5, 0.6) is 5.75 Å². The Morgan fingerprint density at radius 1 is 1.45 bits per heavy atom. The van der Waals surface area contributed by atoms with Gasteiger partial charge in [-0.15, -0.1) is 0 Å². The number of rotatable bonds is 2. The van der Waals surface area contributed by atoms with Gasteiger partial charge in [-0.05, 0) is 24.5 Å². The highest BCUT2D eigenvalue weighted by Gasteiger charge is 2.02. The van der Waals surface area contributed by atoms with Crippen LogP contribution in [-0.4, -0.2) is 5.11 Å². The van der Waals surface area contributed by atoms with E-state index in [0.29, 0.717) is 5.02 Å². The molecular weight excluding hydrogens is 160 g/mol. The minimum absolute atomic E-state index is 0.151. The van der Waals surface area contributed by atoms with Gasteiger partial charge in [0.1, 0.15) is 5.75 Å². The summed E-state index contributed by atoms with van der Waals surface area (Å²) >= 11 is 5.79. The molecule has 0 aliphatic rings. The van der Waals surface area contributed by atoms with Gasteiger partial charge in [0, 0.05) is 0 Å². The van der Waals surface area contributed by atoms with Crippen LogP contribution >= 0.6 is 11.6 Å². The molecule has 1 aromatic carbocycles. The molecule has 0 amide bonds. The lowest BCUT2D eigenvalue weighted by atomic mass is 10.1. The van der Waals surface area contributed by atoms with E-state index in [9.17, 15) is 5.11 Å². The zero-order valence-electron chi connectivity index (χ0n) is 6.18. The molecule has 0 heterocycles. The van der Waals surface area contributed by atoms with E-state index in [1.165, 1.54) is 0 Å². The summed E-state index contributed by atoms with van der Waals surface area (Å²) in [5.74, 6) is 0.151. The van der Waals surface area contributed by atoms with E-state index in [1.54, 1.807) is 12.1 Å². The summed E-state index contributed by atoms with van der Waals surface area (Å²) in [5, 5.41) is 9.63. The second kappa shape index (κ2) is 3.63. The molecule has 1 radical (unpaired) electrons. The molecular formula is C9H10ClO. The van der Waals surface area contributed by atoms with Gasteiger partial charge in [0.2, 0.25) is 0 Å². The van der Waals surface area contributed by atoms with E-state index in [2.05, 4.69) is 6.92 Å². The SMILES string of the molecule is [CH2]CCc1cccc(O)c1Cl. The van der Waals surface area contributed by atoms with Crippen LogP contribution in [0.4, 0.5) is 0 Å². The van der Waals surface area contributed by atoms with Crippen LogP contribution < -0.4 is 0 Å². The van der Waals surface area contributed by atoms with Crippen LogP contribution in [0.25, 0.3) is 0 Å². The number of aryl methyl sites for hydroxylation is 1. The van der Waals surface area contributed by atoms with Crippen molar-refractivity contribution in [3.05, 3.63) is 35.7 Å². The molecule has 1 aromatic rings. The predicted octanol–water partition coefficient (Wildman–Crippen LogP) is 2.81. The molecule has 1 N–H and O–H groups in total. The van der Waals surface area contributed by atoms with Gasteiger partial charge in [0.25, 0.3) is 0 Å². The Labute approximate surface area is 71.6 Å². The van der Waals surface area contributed by atoms with Crippen molar-refractivity contribution in [3.63, 3.8) is 0 Å². The van der Waals surface area contributed by atoms with E-state index >= 15 is 0 Å². The Kier molecular flexibility index (Phi) is 2.77. The van der Waals surface area contributed by atoms with Crippen molar-refractivity contribution in [2.45, 2.75) is 12.8 Å². The molecule has 1 rings (SSSR count). The third-order valence-electron chi connectivity index (χ3n) is 1.50. The van der Waals surface area contributed by atoms with Crippen molar-refractivity contribution in [2.24, 2.45) is 0 Å². The number of benzene rings is 1. The average molecular weight is 170 g/mol. The van der Waals surface area contributed by atoms with Gasteiger partial charge in [0.05, 0.1) is 5.02 Å². The second-order valence-electron chi connectivity index (χ2n) is 2.35. The number of aromatic hydroxyl groups is 1. The van der Waals surface area contributed by atoms with Crippen molar-refractivity contribution >= 4 is 11.6 Å². The first-order valence-corrected chi connectivity index (χ1v) is 3.89. The van der Waals surface area contributed by atoms with Crippen molar-refractivity contribution in [3.8, 4) is 5.75 Å². The molecule has 0 spiro atoms. The molecule has 0 saturated heterocycles. The minimum atomic E-state index is 0.151. The second-order valence-corrected chi connectivity index (χ2v) is 2.73. The van der Waals surface area contributed by atoms with E-state index in [1.807, 2.05) is 6.07 Å². The smallest absolute Gasteiger partial charge is 0.134 e. The number of phenolic OH excluding ortho intramolecular Hbond substituents is 1. The Morgan fingerprint density at radius 3 is 2.82 bits per heavy atom. The van der Waals surface area contributed by atoms with Gasteiger partial charge >= 0.3 is 0 Å². The summed E-state index contributed by atoms with van der Waals surface area (Å²) in [4.78, 5) is 0. The van der Waals surface area contributed by atoms with Gasteiger partial charge < -0.3 is 5.11 Å². The molecule has 0 fully saturated rings. The van der Waals surface area contributed by atoms with E-state index in [0.717, 1.165) is 18.4 Å². The summed E-state index contributed by atoms with van der Waals surface area (Å²) < 4.78 is 0. The normalized spacial score (nSPS) is 10.0. The minimum Gasteiger partial charge on any atom is -0.506 e. The predicted molar refractivity (Wildman–Crippen MR) is 46.8 cm³/mol. The van der Waals surface area contributed by atoms with Crippen LogP contribution in [0.2, 0.25) is 5.02 Å². The Morgan fingerprint density at radius 2 is 2.18 bits per heavy atom. The lowest BCUT2D eigenvalue weighted by Crippen LogP contribution is -1.84. The van der Waals surface area contributed by atoms with Crippen molar-refractivity contribution < 1.29 is 5.11 Å². The van der Waals surface area contributed by atoms with E-state index in [4.69, 9.17) is 11.6 Å². The number of hydrogen-bond acceptors (Lipinski definition) is 1. The molecule has 2 heteroatoms. The summed E-state index contributed by atoms with van der Waals surface area (Å²) in [7, 11) is 0. The first-order valence-electron chi connectivity index (χ1n) is 3.51. The molecule has 11 heavy (non-hydrogen) atoms. The molecule has 0 bridgehead atoms. The molecule has 59 valence electrons. The summed E-state index contributed by atoms with van der Waals surface area (Å²) in [6.07, 6.45) is 1.61. The number of halogens is 1. The van der Waals surface area contributed by atoms with Crippen molar-refractivity contribution in [1.82, 2.24) is 0 Å². The topological polar surface area (TPSA) is 20.2 Å². The molecule has 0 aliphatic carbocycles. The van der Waals surface area contributed by atoms with Gasteiger partial charge in [0.15, 0.2) is 0 Å². The van der Waals surface area contributed by atoms with E-state index < -0.39 is 0 Å². The molecule has 1 nitrogen and oxygen atoms in total. The van der Waals surface area contributed by atoms with Crippen molar-refractivity contribution in [1.29, 1.82) is 0 Å². The van der Waals surface area contributed by atoms with Crippen LogP contribution in [-0.2, 0) is 6.42 Å². The molecule has 0 unspecified atom stereocenters. The van der Waals surface area contributed by atoms with E-state index in [-0.39, 0.29) is 5.75 Å². The molecule has 0 saturated carbocycles. The highest BCUT2D eigenvalue weighted by molar-refractivity contribution is 6.32. The fourth-order valence-corrected chi connectivity index (χ4v) is 1.17. The monoisotopic (exact) mass is 169 g/mol. The Hall–Kier alpha value is -0.690. The standard InChI is InChI=1S/C9H10ClO/c1-2-4-7-5-3-6-8(11)9(7)10/h3,5-6,11H,1-2,4H2. The lowest BCUT2D eigenvalue weighted by Gasteiger charge is -2.02. The summed E-state index contributed by atoms with van der Waals surface area (Å²) in [5.41, 5.74) is 0.960. The number of hydrogen-bond donors (Lipinski definition) is 1. The summed E-state index contributed by atoms with van der Waals surface area (Å²) in [6.45, 7) is 3.71. The third-order valence-corrected chi connectivity index (χ3v) is 1.94. The highest BCUT2D eigenvalue weighted by Crippen LogP contribution is 2.27. The highest BCUT2D eigenvalue weighted by atomic mass is 35.5. The zero-order valence-corrected chi connectivity index (χ0v) is 6.93. The van der Waals surface area contributed by atoms with Gasteiger partial charge in [-0.3, -0.25) is 0 Å². The first-order chi connectivity index (χ1) is 5.25. The maximum absolute atomic E-state index is 9.17. The Bertz CT molecular complexity index is 245. The molecule has 0 atom stereocenters. The van der Waals surface area contributed by atoms with Gasteiger partial charge in [-0.2, -0.15) is 0 Å². The molecule has 0 aromatic heterocycles. The Balaban J connectivity index is 2.96. The zero-order chi connectivity index (χ0) is 8.27. The summed E-state index contributed by atoms with van der Waals surface area (Å²) in [6, 6.07) is 5.26. The maximum atomic E-state index is 9.17.